The molecule has 0 aliphatic rings. The zero-order valence-electron chi connectivity index (χ0n) is 4.24. The summed E-state index contributed by atoms with van der Waals surface area (Å²) in [7, 11) is 0. The maximum atomic E-state index is 4.76. The van der Waals surface area contributed by atoms with Crippen molar-refractivity contribution >= 4 is 71.2 Å². The number of halogens is 6. The molecule has 0 heterocycles. The average molecular weight is 261 g/mol. The first-order valence-electron chi connectivity index (χ1n) is 1.07. The predicted molar refractivity (Wildman–Crippen MR) is 51.3 cm³/mol. The minimum Gasteiger partial charge on any atom is -0.412 e. The van der Waals surface area contributed by atoms with Gasteiger partial charge in [0.25, 0.3) is 0 Å². The third-order valence-electron chi connectivity index (χ3n) is 0. The minimum atomic E-state index is 0. The Morgan fingerprint density at radius 2 is 0.667 bits per heavy atom. The maximum absolute atomic E-state index is 4.76. The highest BCUT2D eigenvalue weighted by Gasteiger charge is 1.42. The van der Waals surface area contributed by atoms with Crippen molar-refractivity contribution < 1.29 is 5.48 Å². The summed E-state index contributed by atoms with van der Waals surface area (Å²) in [6.07, 6.45) is 0. The molecule has 7 heteroatoms. The van der Waals surface area contributed by atoms with Crippen LogP contribution in [-0.2, 0) is 0 Å². The van der Waals surface area contributed by atoms with Crippen LogP contribution in [0.3, 0.4) is 0 Å². The standard InChI is InChI=1S/2CH2Cl2.2ClH.H2O/c2*2-1-3;;;/h2*1H2;2*1H;1H2. The lowest BCUT2D eigenvalue weighted by Crippen LogP contribution is -1.24. The van der Waals surface area contributed by atoms with Gasteiger partial charge in [0.2, 0.25) is 0 Å². The summed E-state index contributed by atoms with van der Waals surface area (Å²) >= 11 is 19.1. The van der Waals surface area contributed by atoms with E-state index < -0.39 is 0 Å². The molecule has 0 aliphatic heterocycles. The number of hydrogen-bond donors (Lipinski definition) is 0. The summed E-state index contributed by atoms with van der Waals surface area (Å²) in [6, 6.07) is 0. The molecular weight excluding hydrogens is 253 g/mol. The number of hydrogen-bond acceptors (Lipinski definition) is 0. The van der Waals surface area contributed by atoms with Crippen molar-refractivity contribution in [3.05, 3.63) is 0 Å². The van der Waals surface area contributed by atoms with Crippen LogP contribution in [0.4, 0.5) is 0 Å². The first-order chi connectivity index (χ1) is 2.83. The van der Waals surface area contributed by atoms with Crippen LogP contribution in [-0.4, -0.2) is 16.2 Å². The Hall–Kier alpha value is 1.70. The van der Waals surface area contributed by atoms with Crippen LogP contribution in [0.2, 0.25) is 0 Å². The molecule has 0 spiro atoms. The quantitative estimate of drug-likeness (QED) is 0.600. The smallest absolute Gasteiger partial charge is 0.0967 e. The Bertz CT molecular complexity index is 13.0. The summed E-state index contributed by atoms with van der Waals surface area (Å²) in [4.78, 5) is 0. The van der Waals surface area contributed by atoms with Crippen LogP contribution < -0.4 is 0 Å². The SMILES string of the molecule is Cl.Cl.ClCCl.ClCCl.O. The number of rotatable bonds is 0. The third kappa shape index (κ3) is 199. The van der Waals surface area contributed by atoms with Crippen molar-refractivity contribution in [2.24, 2.45) is 0 Å². The van der Waals surface area contributed by atoms with E-state index in [4.69, 9.17) is 46.4 Å². The zero-order chi connectivity index (χ0) is 5.41. The Balaban J connectivity index is -0.00000000889. The van der Waals surface area contributed by atoms with Crippen molar-refractivity contribution in [2.75, 3.05) is 10.7 Å². The lowest BCUT2D eigenvalue weighted by molar-refractivity contribution is 0.824. The summed E-state index contributed by atoms with van der Waals surface area (Å²) in [5.74, 6) is 0. The Kier molecular flexibility index (Phi) is 185. The minimum absolute atomic E-state index is 0. The number of alkyl halides is 4. The predicted octanol–water partition coefficient (Wildman–Crippen LogP) is 2.86. The van der Waals surface area contributed by atoms with Crippen LogP contribution in [0.25, 0.3) is 0 Å². The fourth-order valence-corrected chi connectivity index (χ4v) is 0. The molecule has 0 amide bonds. The van der Waals surface area contributed by atoms with Gasteiger partial charge in [-0.2, -0.15) is 0 Å². The van der Waals surface area contributed by atoms with Crippen molar-refractivity contribution in [1.29, 1.82) is 0 Å². The van der Waals surface area contributed by atoms with Crippen LogP contribution in [0, 0.1) is 0 Å². The van der Waals surface area contributed by atoms with Gasteiger partial charge in [-0.05, 0) is 0 Å². The van der Waals surface area contributed by atoms with Gasteiger partial charge in [0, 0.05) is 0 Å². The van der Waals surface area contributed by atoms with E-state index in [0.717, 1.165) is 0 Å². The molecule has 0 saturated carbocycles. The van der Waals surface area contributed by atoms with Gasteiger partial charge < -0.3 is 5.48 Å². The van der Waals surface area contributed by atoms with E-state index in [2.05, 4.69) is 0 Å². The molecule has 0 fully saturated rings. The molecule has 0 aromatic rings. The third-order valence-corrected chi connectivity index (χ3v) is 0. The van der Waals surface area contributed by atoms with E-state index in [1.54, 1.807) is 0 Å². The first-order valence-corrected chi connectivity index (χ1v) is 3.21. The van der Waals surface area contributed by atoms with Crippen LogP contribution in [0.5, 0.6) is 0 Å². The van der Waals surface area contributed by atoms with Crippen molar-refractivity contribution in [3.8, 4) is 0 Å². The average Bonchev–Trinajstić information content (AvgIpc) is 1.39. The highest BCUT2D eigenvalue weighted by molar-refractivity contribution is 6.40. The second kappa shape index (κ2) is 53.6. The Morgan fingerprint density at radius 1 is 0.667 bits per heavy atom. The van der Waals surface area contributed by atoms with E-state index in [-0.39, 0.29) is 41.0 Å². The summed E-state index contributed by atoms with van der Waals surface area (Å²) in [5, 5.41) is 0.389. The molecule has 1 nitrogen and oxygen atoms in total. The van der Waals surface area contributed by atoms with Gasteiger partial charge >= 0.3 is 0 Å². The summed E-state index contributed by atoms with van der Waals surface area (Å²) < 4.78 is 0. The molecular formula is C2H8Cl6O. The maximum Gasteiger partial charge on any atom is 0.0967 e. The largest absolute Gasteiger partial charge is 0.412 e. The molecule has 0 unspecified atom stereocenters. The van der Waals surface area contributed by atoms with Crippen LogP contribution in [0.1, 0.15) is 0 Å². The molecule has 2 N–H and O–H groups in total. The van der Waals surface area contributed by atoms with Gasteiger partial charge in [-0.15, -0.1) is 71.2 Å². The molecule has 0 bridgehead atoms. The van der Waals surface area contributed by atoms with E-state index in [9.17, 15) is 0 Å². The van der Waals surface area contributed by atoms with Gasteiger partial charge in [0.05, 0.1) is 10.7 Å². The molecule has 0 rings (SSSR count). The second-order valence-corrected chi connectivity index (χ2v) is 1.82. The van der Waals surface area contributed by atoms with E-state index in [1.807, 2.05) is 0 Å². The second-order valence-electron chi connectivity index (χ2n) is 0.202. The zero-order valence-corrected chi connectivity index (χ0v) is 8.90. The lowest BCUT2D eigenvalue weighted by Gasteiger charge is -1.42. The van der Waals surface area contributed by atoms with Gasteiger partial charge in [0.15, 0.2) is 0 Å². The molecule has 0 aromatic carbocycles. The normalized spacial score (nSPS) is 4.00. The topological polar surface area (TPSA) is 31.5 Å². The van der Waals surface area contributed by atoms with Gasteiger partial charge in [0.1, 0.15) is 0 Å². The molecule has 0 saturated heterocycles. The van der Waals surface area contributed by atoms with Crippen LogP contribution in [0.15, 0.2) is 0 Å². The monoisotopic (exact) mass is 258 g/mol. The van der Waals surface area contributed by atoms with E-state index >= 15 is 0 Å². The molecule has 0 radical (unpaired) electrons. The fraction of sp³-hybridized carbons (Fsp3) is 1.00. The highest BCUT2D eigenvalue weighted by Crippen LogP contribution is 1.73. The van der Waals surface area contributed by atoms with Gasteiger partial charge in [-0.25, -0.2) is 0 Å². The van der Waals surface area contributed by atoms with Crippen molar-refractivity contribution in [3.63, 3.8) is 0 Å². The molecule has 64 valence electrons. The molecule has 0 atom stereocenters. The van der Waals surface area contributed by atoms with Gasteiger partial charge in [-0.1, -0.05) is 0 Å². The van der Waals surface area contributed by atoms with E-state index in [1.165, 1.54) is 0 Å². The summed E-state index contributed by atoms with van der Waals surface area (Å²) in [6.45, 7) is 0. The Labute approximate surface area is 87.1 Å². The highest BCUT2D eigenvalue weighted by atomic mass is 35.5. The van der Waals surface area contributed by atoms with Gasteiger partial charge in [-0.3, -0.25) is 0 Å². The summed E-state index contributed by atoms with van der Waals surface area (Å²) in [5.41, 5.74) is 0. The fourth-order valence-electron chi connectivity index (χ4n) is 0. The first kappa shape index (κ1) is 31.0. The Morgan fingerprint density at radius 3 is 0.667 bits per heavy atom. The molecule has 9 heavy (non-hydrogen) atoms. The van der Waals surface area contributed by atoms with Crippen LogP contribution >= 0.6 is 71.2 Å². The molecule has 0 aromatic heterocycles. The van der Waals surface area contributed by atoms with Crippen molar-refractivity contribution in [1.82, 2.24) is 0 Å². The lowest BCUT2D eigenvalue weighted by atomic mass is 11.9. The van der Waals surface area contributed by atoms with Crippen molar-refractivity contribution in [2.45, 2.75) is 0 Å². The molecule has 0 aliphatic carbocycles. The van der Waals surface area contributed by atoms with E-state index in [0.29, 0.717) is 0 Å².